The van der Waals surface area contributed by atoms with E-state index in [0.717, 1.165) is 11.8 Å². The molecule has 0 saturated heterocycles. The number of hydrogen-bond donors (Lipinski definition) is 2. The molecule has 2 N–H and O–H groups in total. The van der Waals surface area contributed by atoms with Gasteiger partial charge in [0.05, 0.1) is 5.75 Å². The Morgan fingerprint density at radius 2 is 1.63 bits per heavy atom. The SMILES string of the molecule is CC(=O)Nc1ccc(NC(=O)[C@H](C)OC(=O)CSc2ccccc2F)cc1. The van der Waals surface area contributed by atoms with Gasteiger partial charge in [0.15, 0.2) is 6.10 Å². The van der Waals surface area contributed by atoms with Gasteiger partial charge in [-0.1, -0.05) is 12.1 Å². The third-order valence-corrected chi connectivity index (χ3v) is 4.35. The highest BCUT2D eigenvalue weighted by Gasteiger charge is 2.18. The number of thioether (sulfide) groups is 1. The van der Waals surface area contributed by atoms with E-state index in [0.29, 0.717) is 16.3 Å². The number of amides is 2. The third-order valence-electron chi connectivity index (χ3n) is 3.33. The zero-order chi connectivity index (χ0) is 19.8. The second kappa shape index (κ2) is 9.72. The van der Waals surface area contributed by atoms with Gasteiger partial charge in [0.2, 0.25) is 5.91 Å². The Hall–Kier alpha value is -2.87. The predicted octanol–water partition coefficient (Wildman–Crippen LogP) is 3.45. The van der Waals surface area contributed by atoms with Crippen LogP contribution in [0, 0.1) is 5.82 Å². The second-order valence-electron chi connectivity index (χ2n) is 5.60. The first-order chi connectivity index (χ1) is 12.8. The van der Waals surface area contributed by atoms with E-state index < -0.39 is 23.8 Å². The molecule has 0 spiro atoms. The summed E-state index contributed by atoms with van der Waals surface area (Å²) in [5.74, 6) is -1.83. The van der Waals surface area contributed by atoms with Gasteiger partial charge < -0.3 is 15.4 Å². The van der Waals surface area contributed by atoms with Crippen molar-refractivity contribution in [2.75, 3.05) is 16.4 Å². The molecule has 0 radical (unpaired) electrons. The normalized spacial score (nSPS) is 11.4. The van der Waals surface area contributed by atoms with Gasteiger partial charge in [0.1, 0.15) is 5.82 Å². The van der Waals surface area contributed by atoms with Crippen LogP contribution in [0.4, 0.5) is 15.8 Å². The van der Waals surface area contributed by atoms with Gasteiger partial charge in [-0.05, 0) is 43.3 Å². The maximum Gasteiger partial charge on any atom is 0.317 e. The molecule has 2 aromatic rings. The summed E-state index contributed by atoms with van der Waals surface area (Å²) in [6.07, 6.45) is -1.01. The van der Waals surface area contributed by atoms with E-state index in [4.69, 9.17) is 4.74 Å². The summed E-state index contributed by atoms with van der Waals surface area (Å²) in [4.78, 5) is 35.3. The highest BCUT2D eigenvalue weighted by atomic mass is 32.2. The average molecular weight is 390 g/mol. The molecule has 2 amide bonds. The summed E-state index contributed by atoms with van der Waals surface area (Å²) >= 11 is 1.00. The van der Waals surface area contributed by atoms with E-state index in [-0.39, 0.29) is 11.7 Å². The standard InChI is InChI=1S/C19H19FN2O4S/c1-12(26-18(24)11-27-17-6-4-3-5-16(17)20)19(25)22-15-9-7-14(8-10-15)21-13(2)23/h3-10,12H,11H2,1-2H3,(H,21,23)(H,22,25)/t12-/m0/s1. The average Bonchev–Trinajstić information content (AvgIpc) is 2.62. The molecule has 0 aliphatic heterocycles. The van der Waals surface area contributed by atoms with Crippen molar-refractivity contribution in [1.29, 1.82) is 0 Å². The summed E-state index contributed by atoms with van der Waals surface area (Å²) in [6, 6.07) is 12.6. The zero-order valence-corrected chi connectivity index (χ0v) is 15.6. The number of esters is 1. The molecule has 0 fully saturated rings. The van der Waals surface area contributed by atoms with Crippen molar-refractivity contribution in [3.63, 3.8) is 0 Å². The number of rotatable bonds is 7. The summed E-state index contributed by atoms with van der Waals surface area (Å²) in [5.41, 5.74) is 1.10. The molecule has 0 aromatic heterocycles. The minimum atomic E-state index is -1.01. The van der Waals surface area contributed by atoms with Gasteiger partial charge in [-0.3, -0.25) is 14.4 Å². The van der Waals surface area contributed by atoms with E-state index in [1.165, 1.54) is 19.9 Å². The van der Waals surface area contributed by atoms with E-state index in [1.54, 1.807) is 42.5 Å². The lowest BCUT2D eigenvalue weighted by Crippen LogP contribution is -2.30. The smallest absolute Gasteiger partial charge is 0.317 e. The number of benzene rings is 2. The van der Waals surface area contributed by atoms with E-state index >= 15 is 0 Å². The first-order valence-corrected chi connectivity index (χ1v) is 9.09. The molecule has 0 unspecified atom stereocenters. The number of carbonyl (C=O) groups is 3. The molecule has 27 heavy (non-hydrogen) atoms. The topological polar surface area (TPSA) is 84.5 Å². The minimum Gasteiger partial charge on any atom is -0.452 e. The number of nitrogens with one attached hydrogen (secondary N) is 2. The van der Waals surface area contributed by atoms with E-state index in [2.05, 4.69) is 10.6 Å². The van der Waals surface area contributed by atoms with Gasteiger partial charge in [0, 0.05) is 23.2 Å². The fourth-order valence-electron chi connectivity index (χ4n) is 2.07. The lowest BCUT2D eigenvalue weighted by molar-refractivity contribution is -0.150. The van der Waals surface area contributed by atoms with Crippen molar-refractivity contribution in [2.45, 2.75) is 24.8 Å². The number of ether oxygens (including phenoxy) is 1. The summed E-state index contributed by atoms with van der Waals surface area (Å²) in [5, 5.41) is 5.23. The fraction of sp³-hybridized carbons (Fsp3) is 0.211. The highest BCUT2D eigenvalue weighted by Crippen LogP contribution is 2.21. The molecule has 0 saturated carbocycles. The predicted molar refractivity (Wildman–Crippen MR) is 102 cm³/mol. The van der Waals surface area contributed by atoms with Crippen LogP contribution < -0.4 is 10.6 Å². The van der Waals surface area contributed by atoms with Crippen LogP contribution >= 0.6 is 11.8 Å². The van der Waals surface area contributed by atoms with Crippen LogP contribution in [0.25, 0.3) is 0 Å². The van der Waals surface area contributed by atoms with Crippen molar-refractivity contribution in [2.24, 2.45) is 0 Å². The Bertz CT molecular complexity index is 827. The van der Waals surface area contributed by atoms with Crippen LogP contribution in [0.3, 0.4) is 0 Å². The van der Waals surface area contributed by atoms with Crippen LogP contribution in [0.15, 0.2) is 53.4 Å². The van der Waals surface area contributed by atoms with Crippen molar-refractivity contribution >= 4 is 40.9 Å². The van der Waals surface area contributed by atoms with Gasteiger partial charge in [-0.15, -0.1) is 11.8 Å². The highest BCUT2D eigenvalue weighted by molar-refractivity contribution is 8.00. The van der Waals surface area contributed by atoms with Crippen molar-refractivity contribution in [3.8, 4) is 0 Å². The van der Waals surface area contributed by atoms with Crippen LogP contribution in [0.5, 0.6) is 0 Å². The number of halogens is 1. The Morgan fingerprint density at radius 3 is 2.22 bits per heavy atom. The Labute approximate surface area is 160 Å². The van der Waals surface area contributed by atoms with Crippen LogP contribution in [-0.4, -0.2) is 29.6 Å². The Balaban J connectivity index is 1.81. The summed E-state index contributed by atoms with van der Waals surface area (Å²) in [7, 11) is 0. The summed E-state index contributed by atoms with van der Waals surface area (Å²) < 4.78 is 18.6. The maximum absolute atomic E-state index is 13.5. The fourth-order valence-corrected chi connectivity index (χ4v) is 2.79. The summed E-state index contributed by atoms with van der Waals surface area (Å²) in [6.45, 7) is 2.85. The number of carbonyl (C=O) groups excluding carboxylic acids is 3. The molecule has 2 aromatic carbocycles. The molecule has 0 heterocycles. The van der Waals surface area contributed by atoms with Crippen LogP contribution in [0.2, 0.25) is 0 Å². The Morgan fingerprint density at radius 1 is 1.04 bits per heavy atom. The minimum absolute atomic E-state index is 0.107. The molecule has 6 nitrogen and oxygen atoms in total. The molecule has 8 heteroatoms. The molecule has 0 aliphatic rings. The first kappa shape index (κ1) is 20.4. The third kappa shape index (κ3) is 6.74. The van der Waals surface area contributed by atoms with Crippen LogP contribution in [-0.2, 0) is 19.1 Å². The Kier molecular flexibility index (Phi) is 7.36. The van der Waals surface area contributed by atoms with Crippen molar-refractivity contribution < 1.29 is 23.5 Å². The lowest BCUT2D eigenvalue weighted by atomic mass is 10.2. The van der Waals surface area contributed by atoms with Crippen molar-refractivity contribution in [1.82, 2.24) is 0 Å². The van der Waals surface area contributed by atoms with Gasteiger partial charge in [-0.25, -0.2) is 4.39 Å². The van der Waals surface area contributed by atoms with E-state index in [1.807, 2.05) is 0 Å². The molecule has 0 aliphatic carbocycles. The van der Waals surface area contributed by atoms with Gasteiger partial charge >= 0.3 is 5.97 Å². The lowest BCUT2D eigenvalue weighted by Gasteiger charge is -2.14. The van der Waals surface area contributed by atoms with Gasteiger partial charge in [0.25, 0.3) is 5.91 Å². The van der Waals surface area contributed by atoms with Crippen LogP contribution in [0.1, 0.15) is 13.8 Å². The van der Waals surface area contributed by atoms with Gasteiger partial charge in [-0.2, -0.15) is 0 Å². The molecular weight excluding hydrogens is 371 g/mol. The van der Waals surface area contributed by atoms with Crippen molar-refractivity contribution in [3.05, 3.63) is 54.3 Å². The maximum atomic E-state index is 13.5. The quantitative estimate of drug-likeness (QED) is 0.559. The zero-order valence-electron chi connectivity index (χ0n) is 14.8. The molecule has 142 valence electrons. The number of hydrogen-bond acceptors (Lipinski definition) is 5. The first-order valence-electron chi connectivity index (χ1n) is 8.10. The second-order valence-corrected chi connectivity index (χ2v) is 6.62. The number of anilines is 2. The molecule has 2 rings (SSSR count). The molecular formula is C19H19FN2O4S. The molecule has 1 atom stereocenters. The van der Waals surface area contributed by atoms with E-state index in [9.17, 15) is 18.8 Å². The largest absolute Gasteiger partial charge is 0.452 e. The monoisotopic (exact) mass is 390 g/mol. The molecule has 0 bridgehead atoms.